The highest BCUT2D eigenvalue weighted by Crippen LogP contribution is 2.46. The van der Waals surface area contributed by atoms with Gasteiger partial charge in [0, 0.05) is 17.7 Å². The Morgan fingerprint density at radius 2 is 2.32 bits per heavy atom. The lowest BCUT2D eigenvalue weighted by atomic mass is 10.0. The maximum Gasteiger partial charge on any atom is 0.248 e. The Hall–Kier alpha value is -1.25. The summed E-state index contributed by atoms with van der Waals surface area (Å²) in [5.41, 5.74) is 1.55. The number of hydrogen-bond acceptors (Lipinski definition) is 4. The Balaban J connectivity index is 1.70. The van der Waals surface area contributed by atoms with Gasteiger partial charge in [0.15, 0.2) is 5.82 Å². The highest BCUT2D eigenvalue weighted by Gasteiger charge is 2.41. The van der Waals surface area contributed by atoms with Gasteiger partial charge in [0.25, 0.3) is 0 Å². The van der Waals surface area contributed by atoms with Gasteiger partial charge in [0.05, 0.1) is 6.54 Å². The van der Waals surface area contributed by atoms with Crippen molar-refractivity contribution in [1.82, 2.24) is 14.6 Å². The molecule has 25 heavy (non-hydrogen) atoms. The van der Waals surface area contributed by atoms with Crippen LogP contribution in [0.1, 0.15) is 35.6 Å². The van der Waals surface area contributed by atoms with E-state index in [4.69, 9.17) is 11.6 Å². The SMILES string of the molecule is FC1(F)CCC(c2cc3c(NCc4cccs4)nc(Cl)nn3c2Br)C1. The maximum atomic E-state index is 13.6. The molecule has 4 nitrogen and oxygen atoms in total. The first-order chi connectivity index (χ1) is 11.9. The number of alkyl halides is 2. The fourth-order valence-electron chi connectivity index (χ4n) is 3.23. The van der Waals surface area contributed by atoms with E-state index in [1.54, 1.807) is 15.9 Å². The van der Waals surface area contributed by atoms with Gasteiger partial charge in [-0.05, 0) is 62.9 Å². The largest absolute Gasteiger partial charge is 0.363 e. The molecule has 0 aliphatic heterocycles. The third-order valence-electron chi connectivity index (χ3n) is 4.43. The Labute approximate surface area is 160 Å². The van der Waals surface area contributed by atoms with Crippen molar-refractivity contribution in [3.8, 4) is 0 Å². The molecule has 0 aromatic carbocycles. The first-order valence-corrected chi connectivity index (χ1v) is 9.87. The van der Waals surface area contributed by atoms with Crippen LogP contribution in [0.15, 0.2) is 28.2 Å². The summed E-state index contributed by atoms with van der Waals surface area (Å²) in [5.74, 6) is -2.21. The van der Waals surface area contributed by atoms with Gasteiger partial charge < -0.3 is 5.32 Å². The Morgan fingerprint density at radius 1 is 1.48 bits per heavy atom. The second kappa shape index (κ2) is 6.48. The summed E-state index contributed by atoms with van der Waals surface area (Å²) in [4.78, 5) is 5.43. The molecule has 0 radical (unpaired) electrons. The second-order valence-electron chi connectivity index (χ2n) is 6.15. The standard InChI is InChI=1S/C16H14BrClF2N4S/c17-13-11(9-3-4-16(19,20)7-9)6-12-14(22-15(18)23-24(12)13)21-8-10-2-1-5-25-10/h1-2,5-6,9H,3-4,7-8H2,(H,21,22,23). The lowest BCUT2D eigenvalue weighted by Crippen LogP contribution is -2.09. The smallest absolute Gasteiger partial charge is 0.248 e. The number of hydrogen-bond donors (Lipinski definition) is 1. The third-order valence-corrected chi connectivity index (χ3v) is 6.26. The predicted octanol–water partition coefficient (Wildman–Crippen LogP) is 5.72. The van der Waals surface area contributed by atoms with Gasteiger partial charge >= 0.3 is 0 Å². The van der Waals surface area contributed by atoms with E-state index in [0.29, 0.717) is 23.4 Å². The molecule has 3 heterocycles. The average molecular weight is 448 g/mol. The number of nitrogens with one attached hydrogen (secondary N) is 1. The van der Waals surface area contributed by atoms with E-state index in [0.717, 1.165) is 16.0 Å². The topological polar surface area (TPSA) is 42.2 Å². The van der Waals surface area contributed by atoms with Crippen LogP contribution in [-0.2, 0) is 6.54 Å². The fourth-order valence-corrected chi connectivity index (χ4v) is 4.75. The molecule has 1 N–H and O–H groups in total. The van der Waals surface area contributed by atoms with Crippen molar-refractivity contribution >= 4 is 50.2 Å². The molecule has 0 spiro atoms. The molecule has 1 aliphatic rings. The Bertz CT molecular complexity index is 913. The van der Waals surface area contributed by atoms with E-state index in [1.807, 2.05) is 23.6 Å². The minimum atomic E-state index is -2.60. The quantitative estimate of drug-likeness (QED) is 0.556. The van der Waals surface area contributed by atoms with Crippen molar-refractivity contribution in [2.45, 2.75) is 37.6 Å². The zero-order chi connectivity index (χ0) is 17.6. The number of aromatic nitrogens is 3. The van der Waals surface area contributed by atoms with Crippen LogP contribution in [0.2, 0.25) is 5.28 Å². The van der Waals surface area contributed by atoms with Crippen LogP contribution in [0.3, 0.4) is 0 Å². The normalized spacial score (nSPS) is 19.6. The van der Waals surface area contributed by atoms with Crippen molar-refractivity contribution in [3.05, 3.63) is 43.9 Å². The van der Waals surface area contributed by atoms with Crippen molar-refractivity contribution in [2.75, 3.05) is 5.32 Å². The van der Waals surface area contributed by atoms with E-state index in [-0.39, 0.29) is 24.0 Å². The Kier molecular flexibility index (Phi) is 4.45. The van der Waals surface area contributed by atoms with E-state index in [2.05, 4.69) is 31.3 Å². The average Bonchev–Trinajstić information content (AvgIpc) is 3.26. The molecule has 3 aromatic rings. The summed E-state index contributed by atoms with van der Waals surface area (Å²) in [7, 11) is 0. The molecule has 1 unspecified atom stereocenters. The second-order valence-corrected chi connectivity index (χ2v) is 8.27. The predicted molar refractivity (Wildman–Crippen MR) is 98.9 cm³/mol. The van der Waals surface area contributed by atoms with Gasteiger partial charge in [-0.3, -0.25) is 0 Å². The number of halogens is 4. The summed E-state index contributed by atoms with van der Waals surface area (Å²) >= 11 is 11.2. The Morgan fingerprint density at radius 3 is 3.00 bits per heavy atom. The molecule has 132 valence electrons. The molecule has 1 fully saturated rings. The summed E-state index contributed by atoms with van der Waals surface area (Å²) < 4.78 is 29.5. The molecule has 1 aliphatic carbocycles. The van der Waals surface area contributed by atoms with Crippen LogP contribution in [0, 0.1) is 0 Å². The van der Waals surface area contributed by atoms with Crippen LogP contribution >= 0.6 is 38.9 Å². The summed E-state index contributed by atoms with van der Waals surface area (Å²) in [6.07, 6.45) is 0.245. The zero-order valence-corrected chi connectivity index (χ0v) is 16.1. The number of nitrogens with zero attached hydrogens (tertiary/aromatic N) is 3. The molecule has 3 aromatic heterocycles. The van der Waals surface area contributed by atoms with Gasteiger partial charge in [-0.25, -0.2) is 13.3 Å². The van der Waals surface area contributed by atoms with Gasteiger partial charge in [-0.2, -0.15) is 4.98 Å². The van der Waals surface area contributed by atoms with Gasteiger partial charge in [0.1, 0.15) is 10.1 Å². The molecule has 1 atom stereocenters. The molecular formula is C16H14BrClF2N4S. The third kappa shape index (κ3) is 3.39. The van der Waals surface area contributed by atoms with Gasteiger partial charge in [-0.15, -0.1) is 16.4 Å². The number of anilines is 1. The van der Waals surface area contributed by atoms with Crippen LogP contribution in [0.5, 0.6) is 0 Å². The molecule has 4 rings (SSSR count). The fraction of sp³-hybridized carbons (Fsp3) is 0.375. The monoisotopic (exact) mass is 446 g/mol. The molecule has 0 saturated heterocycles. The lowest BCUT2D eigenvalue weighted by Gasteiger charge is -2.09. The van der Waals surface area contributed by atoms with Crippen LogP contribution < -0.4 is 5.32 Å². The van der Waals surface area contributed by atoms with E-state index < -0.39 is 5.92 Å². The zero-order valence-electron chi connectivity index (χ0n) is 13.0. The molecule has 1 saturated carbocycles. The van der Waals surface area contributed by atoms with Crippen molar-refractivity contribution < 1.29 is 8.78 Å². The van der Waals surface area contributed by atoms with Crippen LogP contribution in [-0.4, -0.2) is 20.5 Å². The number of thiophene rings is 1. The number of rotatable bonds is 4. The summed E-state index contributed by atoms with van der Waals surface area (Å²) in [5, 5.41) is 9.58. The molecule has 0 bridgehead atoms. The minimum absolute atomic E-state index is 0.0772. The number of fused-ring (bicyclic) bond motifs is 1. The maximum absolute atomic E-state index is 13.6. The summed E-state index contributed by atoms with van der Waals surface area (Å²) in [6.45, 7) is 0.611. The molecule has 0 amide bonds. The first-order valence-electron chi connectivity index (χ1n) is 7.82. The summed E-state index contributed by atoms with van der Waals surface area (Å²) in [6, 6.07) is 5.89. The molecular weight excluding hydrogens is 434 g/mol. The van der Waals surface area contributed by atoms with Crippen LogP contribution in [0.25, 0.3) is 5.52 Å². The van der Waals surface area contributed by atoms with E-state index in [9.17, 15) is 8.78 Å². The first kappa shape index (κ1) is 17.2. The van der Waals surface area contributed by atoms with Gasteiger partial charge in [-0.1, -0.05) is 6.07 Å². The molecule has 9 heteroatoms. The lowest BCUT2D eigenvalue weighted by molar-refractivity contribution is 0.00775. The van der Waals surface area contributed by atoms with Crippen molar-refractivity contribution in [3.63, 3.8) is 0 Å². The van der Waals surface area contributed by atoms with E-state index in [1.165, 1.54) is 0 Å². The highest BCUT2D eigenvalue weighted by atomic mass is 79.9. The van der Waals surface area contributed by atoms with Crippen LogP contribution in [0.4, 0.5) is 14.6 Å². The minimum Gasteiger partial charge on any atom is -0.363 e. The van der Waals surface area contributed by atoms with Gasteiger partial charge in [0.2, 0.25) is 11.2 Å². The highest BCUT2D eigenvalue weighted by molar-refractivity contribution is 9.10. The van der Waals surface area contributed by atoms with E-state index >= 15 is 0 Å². The van der Waals surface area contributed by atoms with Crippen molar-refractivity contribution in [1.29, 1.82) is 0 Å². The van der Waals surface area contributed by atoms with Crippen molar-refractivity contribution in [2.24, 2.45) is 0 Å².